The van der Waals surface area contributed by atoms with Crippen LogP contribution in [0.4, 0.5) is 0 Å². The quantitative estimate of drug-likeness (QED) is 0.0751. The zero-order valence-electron chi connectivity index (χ0n) is 22.0. The molecule has 11 heteroatoms. The Kier molecular flexibility index (Phi) is 8.65. The maximum Gasteiger partial charge on any atom is 0.336 e. The maximum atomic E-state index is 12.4. The van der Waals surface area contributed by atoms with Crippen molar-refractivity contribution in [1.82, 2.24) is 16.0 Å². The lowest BCUT2D eigenvalue weighted by atomic mass is 9.90. The summed E-state index contributed by atoms with van der Waals surface area (Å²) < 4.78 is 5.86. The van der Waals surface area contributed by atoms with Crippen LogP contribution >= 0.6 is 0 Å². The Balaban J connectivity index is 1.64. The van der Waals surface area contributed by atoms with Crippen LogP contribution < -0.4 is 21.4 Å². The number of hydrogen-bond donors (Lipinski definition) is 6. The molecule has 0 amide bonds. The number of aromatic hydroxyl groups is 1. The number of phenols is 1. The second kappa shape index (κ2) is 12.3. The lowest BCUT2D eigenvalue weighted by molar-refractivity contribution is -0.139. The molecule has 0 bridgehead atoms. The Hall–Kier alpha value is -4.90. The summed E-state index contributed by atoms with van der Waals surface area (Å²) in [6.45, 7) is 0.676. The molecule has 2 aliphatic rings. The number of phenolic OH excluding ortho intramolecular Hbond substituents is 1. The number of carbonyl (C=O) groups is 2. The van der Waals surface area contributed by atoms with Crippen molar-refractivity contribution in [2.45, 2.75) is 25.4 Å². The van der Waals surface area contributed by atoms with Gasteiger partial charge in [0.05, 0.1) is 5.56 Å². The number of aliphatic carboxylic acids is 1. The molecule has 1 heterocycles. The van der Waals surface area contributed by atoms with Crippen molar-refractivity contribution in [2.75, 3.05) is 20.6 Å². The molecule has 0 saturated heterocycles. The average molecular weight is 547 g/mol. The van der Waals surface area contributed by atoms with Crippen molar-refractivity contribution in [1.29, 1.82) is 0 Å². The van der Waals surface area contributed by atoms with Gasteiger partial charge in [0.25, 0.3) is 0 Å². The van der Waals surface area contributed by atoms with E-state index < -0.39 is 18.0 Å². The van der Waals surface area contributed by atoms with E-state index in [0.717, 1.165) is 0 Å². The summed E-state index contributed by atoms with van der Waals surface area (Å²) >= 11 is 0. The molecule has 0 aromatic heterocycles. The lowest BCUT2D eigenvalue weighted by Gasteiger charge is -2.18. The third-order valence-corrected chi connectivity index (χ3v) is 6.53. The highest BCUT2D eigenvalue weighted by Gasteiger charge is 2.23. The maximum absolute atomic E-state index is 12.4. The molecule has 1 aliphatic carbocycles. The number of aromatic carboxylic acids is 1. The molecule has 4 rings (SSSR count). The van der Waals surface area contributed by atoms with Crippen LogP contribution in [0.2, 0.25) is 0 Å². The largest absolute Gasteiger partial charge is 0.508 e. The molecule has 0 saturated carbocycles. The van der Waals surface area contributed by atoms with E-state index in [1.54, 1.807) is 38.4 Å². The SMILES string of the molecule is C/N=C(\NC)NCCC[C@H](NCc1ccc(-c2c3ccc(=O)cc-3oc3cc(O)ccc23)c(C(=O)O)c1)C(=O)O. The highest BCUT2D eigenvalue weighted by molar-refractivity contribution is 6.07. The van der Waals surface area contributed by atoms with Crippen LogP contribution in [-0.4, -0.2) is 59.9 Å². The Morgan fingerprint density at radius 2 is 1.80 bits per heavy atom. The van der Waals surface area contributed by atoms with Gasteiger partial charge in [0.2, 0.25) is 0 Å². The lowest BCUT2D eigenvalue weighted by Crippen LogP contribution is -2.38. The first-order chi connectivity index (χ1) is 19.2. The van der Waals surface area contributed by atoms with Gasteiger partial charge in [-0.15, -0.1) is 0 Å². The molecule has 208 valence electrons. The van der Waals surface area contributed by atoms with E-state index in [1.807, 2.05) is 0 Å². The summed E-state index contributed by atoms with van der Waals surface area (Å²) in [5, 5.41) is 39.3. The van der Waals surface area contributed by atoms with Crippen LogP contribution in [0, 0.1) is 0 Å². The number of carboxylic acid groups (broad SMARTS) is 2. The van der Waals surface area contributed by atoms with Gasteiger partial charge < -0.3 is 35.7 Å². The van der Waals surface area contributed by atoms with Crippen LogP contribution in [0.25, 0.3) is 33.4 Å². The fraction of sp³-hybridized carbons (Fsp3) is 0.241. The first-order valence-corrected chi connectivity index (χ1v) is 12.6. The minimum atomic E-state index is -1.17. The van der Waals surface area contributed by atoms with Crippen LogP contribution in [0.15, 0.2) is 68.8 Å². The third kappa shape index (κ3) is 6.21. The van der Waals surface area contributed by atoms with Crippen molar-refractivity contribution in [2.24, 2.45) is 4.99 Å². The van der Waals surface area contributed by atoms with E-state index >= 15 is 0 Å². The van der Waals surface area contributed by atoms with Gasteiger partial charge in [0.1, 0.15) is 23.1 Å². The van der Waals surface area contributed by atoms with Crippen LogP contribution in [0.5, 0.6) is 5.75 Å². The fourth-order valence-corrected chi connectivity index (χ4v) is 4.59. The van der Waals surface area contributed by atoms with Gasteiger partial charge in [-0.2, -0.15) is 0 Å². The Morgan fingerprint density at radius 1 is 1.02 bits per heavy atom. The van der Waals surface area contributed by atoms with E-state index in [9.17, 15) is 29.7 Å². The summed E-state index contributed by atoms with van der Waals surface area (Å²) in [5.74, 6) is -1.34. The van der Waals surface area contributed by atoms with E-state index in [-0.39, 0.29) is 29.0 Å². The molecule has 2 aromatic rings. The number of rotatable bonds is 10. The highest BCUT2D eigenvalue weighted by atomic mass is 16.4. The van der Waals surface area contributed by atoms with Gasteiger partial charge in [-0.05, 0) is 54.3 Å². The molecule has 40 heavy (non-hydrogen) atoms. The monoisotopic (exact) mass is 546 g/mol. The number of aliphatic imine (C=N–C) groups is 1. The molecule has 11 nitrogen and oxygen atoms in total. The summed E-state index contributed by atoms with van der Waals surface area (Å²) in [7, 11) is 3.38. The Labute approximate surface area is 229 Å². The third-order valence-electron chi connectivity index (χ3n) is 6.53. The van der Waals surface area contributed by atoms with Gasteiger partial charge in [0, 0.05) is 55.8 Å². The topological polar surface area (TPSA) is 173 Å². The number of fused-ring (bicyclic) bond motifs is 2. The number of benzene rings is 3. The van der Waals surface area contributed by atoms with Gasteiger partial charge in [0.15, 0.2) is 11.4 Å². The van der Waals surface area contributed by atoms with Crippen molar-refractivity contribution in [3.63, 3.8) is 0 Å². The number of nitrogens with zero attached hydrogens (tertiary/aromatic N) is 1. The smallest absolute Gasteiger partial charge is 0.336 e. The molecule has 1 aliphatic heterocycles. The summed E-state index contributed by atoms with van der Waals surface area (Å²) in [6.07, 6.45) is 0.927. The predicted octanol–water partition coefficient (Wildman–Crippen LogP) is 3.09. The van der Waals surface area contributed by atoms with Crippen LogP contribution in [0.3, 0.4) is 0 Å². The number of guanidine groups is 1. The number of hydrogen-bond acceptors (Lipinski definition) is 7. The van der Waals surface area contributed by atoms with E-state index in [1.165, 1.54) is 30.3 Å². The van der Waals surface area contributed by atoms with Crippen molar-refractivity contribution in [3.8, 4) is 28.2 Å². The van der Waals surface area contributed by atoms with Crippen molar-refractivity contribution in [3.05, 3.63) is 75.9 Å². The van der Waals surface area contributed by atoms with Gasteiger partial charge >= 0.3 is 11.9 Å². The minimum absolute atomic E-state index is 0.00176. The molecule has 0 fully saturated rings. The molecule has 0 spiro atoms. The molecule has 0 unspecified atom stereocenters. The zero-order chi connectivity index (χ0) is 28.8. The average Bonchev–Trinajstić information content (AvgIpc) is 2.93. The number of nitrogens with one attached hydrogen (secondary N) is 3. The molecular weight excluding hydrogens is 516 g/mol. The van der Waals surface area contributed by atoms with Gasteiger partial charge in [-0.25, -0.2) is 4.79 Å². The number of carboxylic acids is 2. The molecular formula is C29H30N4O7. The van der Waals surface area contributed by atoms with Gasteiger partial charge in [-0.3, -0.25) is 14.6 Å². The van der Waals surface area contributed by atoms with Crippen molar-refractivity contribution >= 4 is 28.9 Å². The molecule has 1 atom stereocenters. The standard InChI is InChI=1S/C29H30N4O7/c1-30-29(31-2)32-11-3-4-23(28(38)39)33-15-16-5-8-19(22(12-16)27(36)37)26-20-9-6-17(34)13-24(20)40-25-14-18(35)7-10-21(25)26/h5-10,12-14,23,33-34H,3-4,11,15H2,1-2H3,(H,36,37)(H,38,39)(H2,30,31,32)/t23-/m0/s1. The Bertz CT molecular complexity index is 1610. The molecule has 6 N–H and O–H groups in total. The zero-order valence-corrected chi connectivity index (χ0v) is 22.0. The normalized spacial score (nSPS) is 12.4. The molecule has 0 radical (unpaired) electrons. The van der Waals surface area contributed by atoms with Gasteiger partial charge in [-0.1, -0.05) is 12.1 Å². The first-order valence-electron chi connectivity index (χ1n) is 12.6. The summed E-state index contributed by atoms with van der Waals surface area (Å²) in [6, 6.07) is 12.9. The van der Waals surface area contributed by atoms with E-state index in [2.05, 4.69) is 20.9 Å². The van der Waals surface area contributed by atoms with Crippen LogP contribution in [-0.2, 0) is 11.3 Å². The van der Waals surface area contributed by atoms with E-state index in [0.29, 0.717) is 58.6 Å². The van der Waals surface area contributed by atoms with E-state index in [4.69, 9.17) is 4.42 Å². The Morgan fingerprint density at radius 3 is 2.50 bits per heavy atom. The molecule has 2 aromatic carbocycles. The second-order valence-corrected chi connectivity index (χ2v) is 9.16. The van der Waals surface area contributed by atoms with Crippen molar-refractivity contribution < 1.29 is 29.3 Å². The predicted molar refractivity (Wildman–Crippen MR) is 151 cm³/mol. The summed E-state index contributed by atoms with van der Waals surface area (Å²) in [4.78, 5) is 40.2. The minimum Gasteiger partial charge on any atom is -0.508 e. The van der Waals surface area contributed by atoms with Crippen LogP contribution in [0.1, 0.15) is 28.8 Å². The fourth-order valence-electron chi connectivity index (χ4n) is 4.59. The second-order valence-electron chi connectivity index (χ2n) is 9.16. The summed E-state index contributed by atoms with van der Waals surface area (Å²) in [5.41, 5.74) is 2.09. The first kappa shape index (κ1) is 28.1. The highest BCUT2D eigenvalue weighted by Crippen LogP contribution is 2.42.